The molecule has 0 fully saturated rings. The van der Waals surface area contributed by atoms with Crippen LogP contribution in [0, 0.1) is 18.6 Å². The van der Waals surface area contributed by atoms with E-state index in [4.69, 9.17) is 4.52 Å². The van der Waals surface area contributed by atoms with Crippen molar-refractivity contribution in [1.29, 1.82) is 0 Å². The highest BCUT2D eigenvalue weighted by Crippen LogP contribution is 2.18. The number of amides is 1. The quantitative estimate of drug-likeness (QED) is 0.928. The molecule has 0 radical (unpaired) electrons. The van der Waals surface area contributed by atoms with Crippen LogP contribution in [0.4, 0.5) is 14.5 Å². The molecule has 0 spiro atoms. The summed E-state index contributed by atoms with van der Waals surface area (Å²) in [5, 5.41) is 6.17. The lowest BCUT2D eigenvalue weighted by atomic mass is 10.1. The topological polar surface area (TPSA) is 55.1 Å². The molecule has 2 aromatic rings. The summed E-state index contributed by atoms with van der Waals surface area (Å²) in [6, 6.07) is 2.81. The van der Waals surface area contributed by atoms with Crippen molar-refractivity contribution in [1.82, 2.24) is 5.16 Å². The maximum Gasteiger partial charge on any atom is 0.261 e. The Morgan fingerprint density at radius 3 is 2.53 bits per heavy atom. The molecule has 19 heavy (non-hydrogen) atoms. The molecule has 2 rings (SSSR count). The fraction of sp³-hybridized carbons (Fsp3) is 0.231. The van der Waals surface area contributed by atoms with Crippen molar-refractivity contribution in [3.05, 3.63) is 46.9 Å². The number of hydrogen-bond acceptors (Lipinski definition) is 3. The zero-order chi connectivity index (χ0) is 14.0. The van der Waals surface area contributed by atoms with E-state index in [-0.39, 0.29) is 5.69 Å². The van der Waals surface area contributed by atoms with Gasteiger partial charge in [-0.15, -0.1) is 0 Å². The summed E-state index contributed by atoms with van der Waals surface area (Å²) in [5.74, 6) is -1.65. The van der Waals surface area contributed by atoms with Gasteiger partial charge in [-0.1, -0.05) is 12.1 Å². The molecule has 4 nitrogen and oxygen atoms in total. The van der Waals surface area contributed by atoms with Crippen molar-refractivity contribution in [2.45, 2.75) is 20.3 Å². The van der Waals surface area contributed by atoms with Gasteiger partial charge in [-0.05, 0) is 25.5 Å². The van der Waals surface area contributed by atoms with Crippen molar-refractivity contribution in [3.8, 4) is 0 Å². The Morgan fingerprint density at radius 1 is 1.32 bits per heavy atom. The minimum Gasteiger partial charge on any atom is -0.361 e. The number of nitrogens with one attached hydrogen (secondary N) is 1. The molecule has 0 saturated carbocycles. The first kappa shape index (κ1) is 13.2. The number of carbonyl (C=O) groups is 1. The fourth-order valence-corrected chi connectivity index (χ4v) is 1.77. The van der Waals surface area contributed by atoms with E-state index < -0.39 is 17.5 Å². The van der Waals surface area contributed by atoms with Gasteiger partial charge in [-0.3, -0.25) is 4.79 Å². The molecular formula is C13H12F2N2O2. The van der Waals surface area contributed by atoms with Gasteiger partial charge in [-0.25, -0.2) is 8.78 Å². The average Bonchev–Trinajstić information content (AvgIpc) is 2.68. The normalized spacial score (nSPS) is 10.5. The van der Waals surface area contributed by atoms with Crippen LogP contribution in [0.2, 0.25) is 0 Å². The summed E-state index contributed by atoms with van der Waals surface area (Å²) in [7, 11) is 0. The Morgan fingerprint density at radius 2 is 1.95 bits per heavy atom. The van der Waals surface area contributed by atoms with E-state index >= 15 is 0 Å². The molecule has 0 saturated heterocycles. The third-order valence-corrected chi connectivity index (χ3v) is 2.62. The summed E-state index contributed by atoms with van der Waals surface area (Å²) in [6.45, 7) is 3.43. The second kappa shape index (κ2) is 5.17. The molecule has 0 aliphatic rings. The predicted octanol–water partition coefficient (Wildman–Crippen LogP) is 3.08. The van der Waals surface area contributed by atoms with Crippen LogP contribution >= 0.6 is 0 Å². The van der Waals surface area contributed by atoms with Crippen LogP contribution in [0.3, 0.4) is 0 Å². The number of rotatable bonds is 3. The van der Waals surface area contributed by atoms with Crippen molar-refractivity contribution < 1.29 is 18.1 Å². The number of benzene rings is 1. The van der Waals surface area contributed by atoms with Crippen LogP contribution < -0.4 is 5.32 Å². The van der Waals surface area contributed by atoms with Crippen LogP contribution in [0.5, 0.6) is 0 Å². The lowest BCUT2D eigenvalue weighted by molar-refractivity contribution is 0.102. The zero-order valence-electron chi connectivity index (χ0n) is 10.5. The van der Waals surface area contributed by atoms with Gasteiger partial charge in [0.2, 0.25) is 0 Å². The third-order valence-electron chi connectivity index (χ3n) is 2.62. The average molecular weight is 266 g/mol. The fourth-order valence-electron chi connectivity index (χ4n) is 1.77. The van der Waals surface area contributed by atoms with E-state index in [1.807, 2.05) is 6.92 Å². The molecule has 100 valence electrons. The Hall–Kier alpha value is -2.24. The molecule has 1 amide bonds. The van der Waals surface area contributed by atoms with Crippen molar-refractivity contribution in [2.24, 2.45) is 0 Å². The highest BCUT2D eigenvalue weighted by atomic mass is 19.1. The molecule has 6 heteroatoms. The van der Waals surface area contributed by atoms with E-state index in [0.717, 1.165) is 18.2 Å². The van der Waals surface area contributed by atoms with Crippen LogP contribution in [-0.2, 0) is 6.42 Å². The highest BCUT2D eigenvalue weighted by molar-refractivity contribution is 6.05. The molecular weight excluding hydrogens is 254 g/mol. The number of hydrogen-bond donors (Lipinski definition) is 1. The smallest absolute Gasteiger partial charge is 0.261 e. The number of anilines is 1. The third kappa shape index (κ3) is 2.78. The summed E-state index contributed by atoms with van der Waals surface area (Å²) in [5.41, 5.74) is 0.851. The van der Waals surface area contributed by atoms with Crippen LogP contribution in [0.25, 0.3) is 0 Å². The van der Waals surface area contributed by atoms with Gasteiger partial charge in [0.05, 0.1) is 5.69 Å². The maximum atomic E-state index is 13.0. The largest absolute Gasteiger partial charge is 0.361 e. The standard InChI is InChI=1S/C13H12F2N2O2/c1-3-11-12(7(2)19-17-11)13(18)16-10-5-8(14)4-9(15)6-10/h4-6H,3H2,1-2H3,(H,16,18). The predicted molar refractivity (Wildman–Crippen MR) is 64.9 cm³/mol. The Balaban J connectivity index is 2.28. The number of carbonyl (C=O) groups excluding carboxylic acids is 1. The minimum absolute atomic E-state index is 0.0464. The Labute approximate surface area is 108 Å². The van der Waals surface area contributed by atoms with Gasteiger partial charge in [-0.2, -0.15) is 0 Å². The van der Waals surface area contributed by atoms with Crippen LogP contribution in [-0.4, -0.2) is 11.1 Å². The van der Waals surface area contributed by atoms with Crippen LogP contribution in [0.15, 0.2) is 22.7 Å². The number of aromatic nitrogens is 1. The molecule has 0 atom stereocenters. The summed E-state index contributed by atoms with van der Waals surface area (Å²) in [6.07, 6.45) is 0.525. The molecule has 1 N–H and O–H groups in total. The molecule has 0 bridgehead atoms. The van der Waals surface area contributed by atoms with Crippen molar-refractivity contribution in [3.63, 3.8) is 0 Å². The van der Waals surface area contributed by atoms with Gasteiger partial charge >= 0.3 is 0 Å². The van der Waals surface area contributed by atoms with Crippen molar-refractivity contribution >= 4 is 11.6 Å². The second-order valence-electron chi connectivity index (χ2n) is 4.03. The molecule has 0 unspecified atom stereocenters. The van der Waals surface area contributed by atoms with Gasteiger partial charge in [0.25, 0.3) is 5.91 Å². The molecule has 0 aliphatic carbocycles. The van der Waals surface area contributed by atoms with E-state index in [0.29, 0.717) is 23.4 Å². The highest BCUT2D eigenvalue weighted by Gasteiger charge is 2.19. The molecule has 0 aliphatic heterocycles. The first-order valence-corrected chi connectivity index (χ1v) is 5.74. The van der Waals surface area contributed by atoms with E-state index in [1.54, 1.807) is 6.92 Å². The first-order chi connectivity index (χ1) is 9.01. The summed E-state index contributed by atoms with van der Waals surface area (Å²) >= 11 is 0. The number of nitrogens with zero attached hydrogens (tertiary/aromatic N) is 1. The van der Waals surface area contributed by atoms with Crippen LogP contribution in [0.1, 0.15) is 28.7 Å². The molecule has 1 aromatic carbocycles. The first-order valence-electron chi connectivity index (χ1n) is 5.74. The Bertz CT molecular complexity index is 603. The Kier molecular flexibility index (Phi) is 3.59. The van der Waals surface area contributed by atoms with E-state index in [2.05, 4.69) is 10.5 Å². The monoisotopic (exact) mass is 266 g/mol. The number of halogens is 2. The number of aryl methyl sites for hydroxylation is 2. The summed E-state index contributed by atoms with van der Waals surface area (Å²) < 4.78 is 31.0. The molecule has 1 heterocycles. The maximum absolute atomic E-state index is 13.0. The van der Waals surface area contributed by atoms with E-state index in [9.17, 15) is 13.6 Å². The second-order valence-corrected chi connectivity index (χ2v) is 4.03. The zero-order valence-corrected chi connectivity index (χ0v) is 10.5. The van der Waals surface area contributed by atoms with Gasteiger partial charge < -0.3 is 9.84 Å². The SMILES string of the molecule is CCc1noc(C)c1C(=O)Nc1cc(F)cc(F)c1. The lowest BCUT2D eigenvalue weighted by Crippen LogP contribution is -2.14. The summed E-state index contributed by atoms with van der Waals surface area (Å²) in [4.78, 5) is 12.0. The minimum atomic E-state index is -0.756. The van der Waals surface area contributed by atoms with Gasteiger partial charge in [0, 0.05) is 11.8 Å². The van der Waals surface area contributed by atoms with Crippen molar-refractivity contribution in [2.75, 3.05) is 5.32 Å². The molecule has 1 aromatic heterocycles. The van der Waals surface area contributed by atoms with Gasteiger partial charge in [0.15, 0.2) is 0 Å². The van der Waals surface area contributed by atoms with E-state index in [1.165, 1.54) is 0 Å². The van der Waals surface area contributed by atoms with Gasteiger partial charge in [0.1, 0.15) is 23.0 Å². The lowest BCUT2D eigenvalue weighted by Gasteiger charge is -2.05.